The second kappa shape index (κ2) is 5.83. The fourth-order valence-electron chi connectivity index (χ4n) is 2.04. The summed E-state index contributed by atoms with van der Waals surface area (Å²) in [5.41, 5.74) is 0.688. The highest BCUT2D eigenvalue weighted by Gasteiger charge is 2.18. The van der Waals surface area contributed by atoms with Gasteiger partial charge in [0.2, 0.25) is 0 Å². The molecule has 5 nitrogen and oxygen atoms in total. The van der Waals surface area contributed by atoms with Crippen molar-refractivity contribution in [3.63, 3.8) is 0 Å². The zero-order chi connectivity index (χ0) is 15.6. The Morgan fingerprint density at radius 2 is 1.86 bits per heavy atom. The molecule has 1 aromatic carbocycles. The zero-order valence-electron chi connectivity index (χ0n) is 12.2. The quantitative estimate of drug-likeness (QED) is 0.872. The number of rotatable bonds is 4. The van der Waals surface area contributed by atoms with Crippen molar-refractivity contribution in [3.8, 4) is 5.75 Å². The Balaban J connectivity index is 2.24. The topological polar surface area (TPSA) is 70.8 Å². The van der Waals surface area contributed by atoms with E-state index in [2.05, 4.69) is 0 Å². The highest BCUT2D eigenvalue weighted by molar-refractivity contribution is 5.99. The van der Waals surface area contributed by atoms with Crippen LogP contribution >= 0.6 is 0 Å². The number of Topliss-reactive ketones (excluding diaryl/α,β-unsaturated/α-hetero) is 1. The number of benzene rings is 1. The second-order valence-corrected chi connectivity index (χ2v) is 5.07. The van der Waals surface area contributed by atoms with Crippen LogP contribution in [0.5, 0.6) is 5.75 Å². The number of carbonyl (C=O) groups is 1. The van der Waals surface area contributed by atoms with E-state index in [1.807, 2.05) is 43.3 Å². The van der Waals surface area contributed by atoms with Crippen molar-refractivity contribution >= 4 is 11.5 Å². The van der Waals surface area contributed by atoms with Gasteiger partial charge in [-0.3, -0.25) is 4.79 Å². The second-order valence-electron chi connectivity index (χ2n) is 5.07. The maximum absolute atomic E-state index is 12.2. The van der Waals surface area contributed by atoms with Crippen molar-refractivity contribution in [1.82, 2.24) is 0 Å². The van der Waals surface area contributed by atoms with Gasteiger partial charge in [0.15, 0.2) is 5.78 Å². The van der Waals surface area contributed by atoms with Gasteiger partial charge in [-0.05, 0) is 24.6 Å². The number of hydrogen-bond donors (Lipinski definition) is 1. The third kappa shape index (κ3) is 3.31. The van der Waals surface area contributed by atoms with E-state index >= 15 is 0 Å². The van der Waals surface area contributed by atoms with Crippen molar-refractivity contribution in [3.05, 3.63) is 57.6 Å². The first-order chi connectivity index (χ1) is 9.88. The molecule has 1 aromatic heterocycles. The van der Waals surface area contributed by atoms with Crippen LogP contribution in [0.25, 0.3) is 0 Å². The molecule has 0 amide bonds. The molecule has 0 aliphatic heterocycles. The lowest BCUT2D eigenvalue weighted by atomic mass is 10.0. The number of ketones is 1. The SMILES string of the molecule is Cc1cc(O)c(C(=O)Cc2ccc(N(C)C)cc2)c(=O)o1. The summed E-state index contributed by atoms with van der Waals surface area (Å²) in [4.78, 5) is 25.8. The maximum Gasteiger partial charge on any atom is 0.350 e. The largest absolute Gasteiger partial charge is 0.507 e. The summed E-state index contributed by atoms with van der Waals surface area (Å²) < 4.78 is 4.86. The van der Waals surface area contributed by atoms with Gasteiger partial charge in [-0.2, -0.15) is 0 Å². The van der Waals surface area contributed by atoms with E-state index in [1.165, 1.54) is 13.0 Å². The van der Waals surface area contributed by atoms with Crippen molar-refractivity contribution < 1.29 is 14.3 Å². The summed E-state index contributed by atoms with van der Waals surface area (Å²) in [5.74, 6) is -0.526. The number of hydrogen-bond acceptors (Lipinski definition) is 5. The number of aromatic hydroxyl groups is 1. The summed E-state index contributed by atoms with van der Waals surface area (Å²) in [6, 6.07) is 8.68. The lowest BCUT2D eigenvalue weighted by Gasteiger charge is -2.12. The molecular formula is C16H17NO4. The number of anilines is 1. The van der Waals surface area contributed by atoms with E-state index in [0.29, 0.717) is 0 Å². The zero-order valence-corrected chi connectivity index (χ0v) is 12.2. The van der Waals surface area contributed by atoms with Gasteiger partial charge in [0.25, 0.3) is 0 Å². The molecular weight excluding hydrogens is 270 g/mol. The predicted molar refractivity (Wildman–Crippen MR) is 80.2 cm³/mol. The van der Waals surface area contributed by atoms with Crippen LogP contribution < -0.4 is 10.5 Å². The maximum atomic E-state index is 12.2. The molecule has 0 radical (unpaired) electrons. The Morgan fingerprint density at radius 3 is 2.38 bits per heavy atom. The summed E-state index contributed by atoms with van der Waals surface area (Å²) in [5, 5.41) is 9.75. The molecule has 0 fully saturated rings. The monoisotopic (exact) mass is 287 g/mol. The first kappa shape index (κ1) is 14.8. The summed E-state index contributed by atoms with van der Waals surface area (Å²) in [6.45, 7) is 1.54. The molecule has 0 aliphatic rings. The van der Waals surface area contributed by atoms with Gasteiger partial charge in [0.05, 0.1) is 0 Å². The Morgan fingerprint density at radius 1 is 1.24 bits per heavy atom. The van der Waals surface area contributed by atoms with Gasteiger partial charge in [-0.25, -0.2) is 4.79 Å². The van der Waals surface area contributed by atoms with Gasteiger partial charge in [-0.1, -0.05) is 12.1 Å². The molecule has 0 unspecified atom stereocenters. The van der Waals surface area contributed by atoms with Crippen molar-refractivity contribution in [2.45, 2.75) is 13.3 Å². The third-order valence-electron chi connectivity index (χ3n) is 3.15. The molecule has 1 heterocycles. The van der Waals surface area contributed by atoms with Gasteiger partial charge < -0.3 is 14.4 Å². The summed E-state index contributed by atoms with van der Waals surface area (Å²) >= 11 is 0. The molecule has 21 heavy (non-hydrogen) atoms. The fraction of sp³-hybridized carbons (Fsp3) is 0.250. The van der Waals surface area contributed by atoms with Gasteiger partial charge >= 0.3 is 5.63 Å². The molecule has 1 N–H and O–H groups in total. The minimum absolute atomic E-state index is 0.0368. The van der Waals surface area contributed by atoms with E-state index < -0.39 is 11.4 Å². The van der Waals surface area contributed by atoms with E-state index in [0.717, 1.165) is 11.3 Å². The van der Waals surface area contributed by atoms with Crippen molar-refractivity contribution in [2.24, 2.45) is 0 Å². The van der Waals surface area contributed by atoms with E-state index in [4.69, 9.17) is 4.42 Å². The lowest BCUT2D eigenvalue weighted by molar-refractivity contribution is 0.0986. The van der Waals surface area contributed by atoms with Crippen molar-refractivity contribution in [2.75, 3.05) is 19.0 Å². The van der Waals surface area contributed by atoms with Crippen LogP contribution in [0, 0.1) is 6.92 Å². The van der Waals surface area contributed by atoms with E-state index in [9.17, 15) is 14.7 Å². The van der Waals surface area contributed by atoms with Crippen LogP contribution in [0.3, 0.4) is 0 Å². The average Bonchev–Trinajstić information content (AvgIpc) is 2.37. The van der Waals surface area contributed by atoms with Gasteiger partial charge in [-0.15, -0.1) is 0 Å². The van der Waals surface area contributed by atoms with Crippen LogP contribution in [0.2, 0.25) is 0 Å². The van der Waals surface area contributed by atoms with E-state index in [-0.39, 0.29) is 23.5 Å². The molecule has 0 saturated carbocycles. The number of carbonyl (C=O) groups excluding carboxylic acids is 1. The Labute approximate surface area is 122 Å². The van der Waals surface area contributed by atoms with Crippen LogP contribution in [0.15, 0.2) is 39.5 Å². The highest BCUT2D eigenvalue weighted by atomic mass is 16.4. The molecule has 2 aromatic rings. The third-order valence-corrected chi connectivity index (χ3v) is 3.15. The number of aryl methyl sites for hydroxylation is 1. The van der Waals surface area contributed by atoms with Gasteiger partial charge in [0.1, 0.15) is 17.1 Å². The molecule has 0 spiro atoms. The normalized spacial score (nSPS) is 10.4. The Kier molecular flexibility index (Phi) is 4.12. The first-order valence-electron chi connectivity index (χ1n) is 6.51. The van der Waals surface area contributed by atoms with Crippen LogP contribution in [0.1, 0.15) is 21.7 Å². The first-order valence-corrected chi connectivity index (χ1v) is 6.51. The molecule has 0 aliphatic carbocycles. The molecule has 2 rings (SSSR count). The van der Waals surface area contributed by atoms with Crippen LogP contribution in [-0.2, 0) is 6.42 Å². The Hall–Kier alpha value is -2.56. The highest BCUT2D eigenvalue weighted by Crippen LogP contribution is 2.18. The van der Waals surface area contributed by atoms with E-state index in [1.54, 1.807) is 0 Å². The molecule has 0 saturated heterocycles. The Bertz CT molecular complexity index is 714. The average molecular weight is 287 g/mol. The van der Waals surface area contributed by atoms with Crippen LogP contribution in [-0.4, -0.2) is 25.0 Å². The lowest BCUT2D eigenvalue weighted by Crippen LogP contribution is -2.16. The molecule has 110 valence electrons. The minimum Gasteiger partial charge on any atom is -0.507 e. The van der Waals surface area contributed by atoms with Gasteiger partial charge in [0, 0.05) is 32.3 Å². The summed E-state index contributed by atoms with van der Waals surface area (Å²) in [6.07, 6.45) is 0.0368. The fourth-order valence-corrected chi connectivity index (χ4v) is 2.04. The smallest absolute Gasteiger partial charge is 0.350 e. The summed E-state index contributed by atoms with van der Waals surface area (Å²) in [7, 11) is 3.85. The number of nitrogens with zero attached hydrogens (tertiary/aromatic N) is 1. The molecule has 0 bridgehead atoms. The molecule has 5 heteroatoms. The molecule has 0 atom stereocenters. The predicted octanol–water partition coefficient (Wildman–Crippen LogP) is 2.15. The standard InChI is InChI=1S/C16H17NO4/c1-10-8-13(18)15(16(20)21-10)14(19)9-11-4-6-12(7-5-11)17(2)3/h4-8,18H,9H2,1-3H3. The van der Waals surface area contributed by atoms with Crippen molar-refractivity contribution in [1.29, 1.82) is 0 Å². The van der Waals surface area contributed by atoms with Crippen LogP contribution in [0.4, 0.5) is 5.69 Å². The minimum atomic E-state index is -0.803.